The molecule has 0 heterocycles. The molecule has 0 atom stereocenters. The summed E-state index contributed by atoms with van der Waals surface area (Å²) < 4.78 is 5.56. The molecular formula is C21H22N2O2. The number of hydrogen-bond donors (Lipinski definition) is 1. The van der Waals surface area contributed by atoms with Gasteiger partial charge in [-0.1, -0.05) is 60.7 Å². The summed E-state index contributed by atoms with van der Waals surface area (Å²) in [7, 11) is 0. The summed E-state index contributed by atoms with van der Waals surface area (Å²) in [4.78, 5) is 11.8. The smallest absolute Gasteiger partial charge is 0.277 e. The number of allylic oxidation sites excluding steroid dienone is 2. The third kappa shape index (κ3) is 6.47. The largest absolute Gasteiger partial charge is 0.483 e. The fourth-order valence-corrected chi connectivity index (χ4v) is 2.20. The predicted molar refractivity (Wildman–Crippen MR) is 103 cm³/mol. The lowest BCUT2D eigenvalue weighted by atomic mass is 10.1. The first kappa shape index (κ1) is 18.2. The lowest BCUT2D eigenvalue weighted by Crippen LogP contribution is -2.24. The Hall–Kier alpha value is -3.14. The molecule has 2 aromatic rings. The molecule has 1 N–H and O–H groups in total. The molecule has 25 heavy (non-hydrogen) atoms. The highest BCUT2D eigenvalue weighted by Crippen LogP contribution is 2.18. The Balaban J connectivity index is 1.83. The second-order valence-electron chi connectivity index (χ2n) is 5.48. The van der Waals surface area contributed by atoms with Crippen LogP contribution >= 0.6 is 0 Å². The van der Waals surface area contributed by atoms with Gasteiger partial charge in [0.1, 0.15) is 5.75 Å². The van der Waals surface area contributed by atoms with E-state index in [2.05, 4.69) is 17.1 Å². The van der Waals surface area contributed by atoms with Crippen LogP contribution in [-0.2, 0) is 11.2 Å². The Labute approximate surface area is 148 Å². The van der Waals surface area contributed by atoms with Crippen molar-refractivity contribution in [2.45, 2.75) is 13.3 Å². The van der Waals surface area contributed by atoms with Gasteiger partial charge in [-0.25, -0.2) is 5.43 Å². The number of para-hydroxylation sites is 1. The van der Waals surface area contributed by atoms with Crippen LogP contribution in [-0.4, -0.2) is 18.7 Å². The van der Waals surface area contributed by atoms with Gasteiger partial charge in [-0.15, -0.1) is 6.58 Å². The summed E-state index contributed by atoms with van der Waals surface area (Å²) >= 11 is 0. The molecule has 2 aromatic carbocycles. The van der Waals surface area contributed by atoms with Crippen molar-refractivity contribution in [1.29, 1.82) is 0 Å². The molecular weight excluding hydrogens is 312 g/mol. The Morgan fingerprint density at radius 3 is 2.64 bits per heavy atom. The fraction of sp³-hybridized carbons (Fsp3) is 0.143. The molecule has 4 nitrogen and oxygen atoms in total. The number of ether oxygens (including phenoxy) is 1. The summed E-state index contributed by atoms with van der Waals surface area (Å²) in [5.41, 5.74) is 5.48. The molecule has 0 spiro atoms. The summed E-state index contributed by atoms with van der Waals surface area (Å²) in [6.45, 7) is 5.55. The molecule has 0 aliphatic heterocycles. The minimum Gasteiger partial charge on any atom is -0.483 e. The molecule has 128 valence electrons. The van der Waals surface area contributed by atoms with Crippen LogP contribution in [0.5, 0.6) is 5.75 Å². The van der Waals surface area contributed by atoms with Gasteiger partial charge >= 0.3 is 0 Å². The zero-order chi connectivity index (χ0) is 17.9. The fourth-order valence-electron chi connectivity index (χ4n) is 2.20. The van der Waals surface area contributed by atoms with Crippen molar-refractivity contribution in [2.24, 2.45) is 5.10 Å². The van der Waals surface area contributed by atoms with Crippen molar-refractivity contribution < 1.29 is 9.53 Å². The number of amides is 1. The maximum Gasteiger partial charge on any atom is 0.277 e. The molecule has 0 aliphatic rings. The van der Waals surface area contributed by atoms with Gasteiger partial charge in [-0.3, -0.25) is 4.79 Å². The number of carbonyl (C=O) groups excluding carboxylic acids is 1. The van der Waals surface area contributed by atoms with Crippen LogP contribution in [0.2, 0.25) is 0 Å². The predicted octanol–water partition coefficient (Wildman–Crippen LogP) is 4.00. The quantitative estimate of drug-likeness (QED) is 0.451. The molecule has 0 radical (unpaired) electrons. The Kier molecular flexibility index (Phi) is 7.19. The minimum atomic E-state index is -0.308. The Morgan fingerprint density at radius 1 is 1.16 bits per heavy atom. The van der Waals surface area contributed by atoms with E-state index in [1.165, 1.54) is 0 Å². The first-order valence-corrected chi connectivity index (χ1v) is 8.06. The van der Waals surface area contributed by atoms with Gasteiger partial charge in [0.25, 0.3) is 5.91 Å². The van der Waals surface area contributed by atoms with Crippen LogP contribution in [0.25, 0.3) is 6.08 Å². The van der Waals surface area contributed by atoms with Crippen LogP contribution < -0.4 is 10.2 Å². The van der Waals surface area contributed by atoms with E-state index in [0.29, 0.717) is 12.2 Å². The van der Waals surface area contributed by atoms with Gasteiger partial charge in [0.2, 0.25) is 0 Å². The molecule has 2 rings (SSSR count). The number of hydrogen-bond acceptors (Lipinski definition) is 3. The van der Waals surface area contributed by atoms with E-state index < -0.39 is 0 Å². The molecule has 0 saturated heterocycles. The van der Waals surface area contributed by atoms with Crippen LogP contribution in [0.4, 0.5) is 0 Å². The van der Waals surface area contributed by atoms with Gasteiger partial charge in [0.15, 0.2) is 6.61 Å². The van der Waals surface area contributed by atoms with Crippen molar-refractivity contribution in [3.63, 3.8) is 0 Å². The van der Waals surface area contributed by atoms with Crippen LogP contribution in [0.1, 0.15) is 18.1 Å². The van der Waals surface area contributed by atoms with Crippen molar-refractivity contribution in [1.82, 2.24) is 5.43 Å². The standard InChI is InChI=1S/C21H22N2O2/c1-3-9-19-12-7-8-13-20(19)25-16-21(24)23-22-15-17(2)14-18-10-5-4-6-11-18/h3-8,10-15H,1,9,16H2,2H3,(H,23,24)/b17-14-,22-15+. The van der Waals surface area contributed by atoms with E-state index in [-0.39, 0.29) is 12.5 Å². The second kappa shape index (κ2) is 9.88. The highest BCUT2D eigenvalue weighted by molar-refractivity contribution is 5.86. The highest BCUT2D eigenvalue weighted by Gasteiger charge is 2.04. The Morgan fingerprint density at radius 2 is 1.88 bits per heavy atom. The number of rotatable bonds is 8. The number of carbonyl (C=O) groups is 1. The van der Waals surface area contributed by atoms with E-state index in [1.807, 2.05) is 67.6 Å². The van der Waals surface area contributed by atoms with Crippen molar-refractivity contribution >= 4 is 18.2 Å². The molecule has 0 saturated carbocycles. The monoisotopic (exact) mass is 334 g/mol. The molecule has 0 aliphatic carbocycles. The molecule has 0 fully saturated rings. The van der Waals surface area contributed by atoms with E-state index >= 15 is 0 Å². The number of hydrazone groups is 1. The summed E-state index contributed by atoms with van der Waals surface area (Å²) in [6.07, 6.45) is 6.09. The molecule has 4 heteroatoms. The van der Waals surface area contributed by atoms with Gasteiger partial charge < -0.3 is 4.74 Å². The average molecular weight is 334 g/mol. The Bertz CT molecular complexity index is 764. The first-order chi connectivity index (χ1) is 12.2. The van der Waals surface area contributed by atoms with E-state index in [0.717, 1.165) is 16.7 Å². The highest BCUT2D eigenvalue weighted by atomic mass is 16.5. The lowest BCUT2D eigenvalue weighted by molar-refractivity contribution is -0.123. The van der Waals surface area contributed by atoms with Crippen LogP contribution in [0.3, 0.4) is 0 Å². The van der Waals surface area contributed by atoms with Crippen LogP contribution in [0, 0.1) is 0 Å². The zero-order valence-corrected chi connectivity index (χ0v) is 14.3. The van der Waals surface area contributed by atoms with Crippen molar-refractivity contribution in [3.05, 3.63) is 84.0 Å². The third-order valence-corrected chi connectivity index (χ3v) is 3.35. The number of nitrogens with one attached hydrogen (secondary N) is 1. The second-order valence-corrected chi connectivity index (χ2v) is 5.48. The summed E-state index contributed by atoms with van der Waals surface area (Å²) in [5.74, 6) is 0.374. The first-order valence-electron chi connectivity index (χ1n) is 8.06. The van der Waals surface area contributed by atoms with E-state index in [4.69, 9.17) is 4.74 Å². The average Bonchev–Trinajstić information content (AvgIpc) is 2.62. The summed E-state index contributed by atoms with van der Waals surface area (Å²) in [5, 5.41) is 3.95. The van der Waals surface area contributed by atoms with Gasteiger partial charge in [-0.05, 0) is 36.1 Å². The van der Waals surface area contributed by atoms with Crippen molar-refractivity contribution in [2.75, 3.05) is 6.61 Å². The molecule has 1 amide bonds. The van der Waals surface area contributed by atoms with Gasteiger partial charge in [-0.2, -0.15) is 5.10 Å². The van der Waals surface area contributed by atoms with Gasteiger partial charge in [0, 0.05) is 0 Å². The normalized spacial score (nSPS) is 11.3. The SMILES string of the molecule is C=CCc1ccccc1OCC(=O)N/N=C/C(C)=C\c1ccccc1. The van der Waals surface area contributed by atoms with Crippen LogP contribution in [0.15, 0.2) is 77.9 Å². The van der Waals surface area contributed by atoms with Gasteiger partial charge in [0.05, 0.1) is 6.21 Å². The lowest BCUT2D eigenvalue weighted by Gasteiger charge is -2.09. The van der Waals surface area contributed by atoms with Crippen molar-refractivity contribution in [3.8, 4) is 5.75 Å². The van der Waals surface area contributed by atoms with E-state index in [9.17, 15) is 4.79 Å². The number of nitrogens with zero attached hydrogens (tertiary/aromatic N) is 1. The molecule has 0 unspecified atom stereocenters. The number of benzene rings is 2. The maximum absolute atomic E-state index is 11.8. The maximum atomic E-state index is 11.8. The van der Waals surface area contributed by atoms with E-state index in [1.54, 1.807) is 12.3 Å². The topological polar surface area (TPSA) is 50.7 Å². The molecule has 0 bridgehead atoms. The summed E-state index contributed by atoms with van der Waals surface area (Å²) in [6, 6.07) is 17.5. The minimum absolute atomic E-state index is 0.0903. The molecule has 0 aromatic heterocycles. The third-order valence-electron chi connectivity index (χ3n) is 3.35. The zero-order valence-electron chi connectivity index (χ0n) is 14.3.